The van der Waals surface area contributed by atoms with Crippen molar-refractivity contribution in [3.63, 3.8) is 0 Å². The number of hydrogen-bond donors (Lipinski definition) is 3. The molecule has 37 heavy (non-hydrogen) atoms. The van der Waals surface area contributed by atoms with Crippen LogP contribution >= 0.6 is 0 Å². The number of aliphatic hydroxyl groups is 1. The third-order valence-electron chi connectivity index (χ3n) is 6.23. The van der Waals surface area contributed by atoms with Crippen molar-refractivity contribution < 1.29 is 27.8 Å². The monoisotopic (exact) mass is 515 g/mol. The minimum Gasteiger partial charge on any atom is -0.394 e. The van der Waals surface area contributed by atoms with Gasteiger partial charge in [0.2, 0.25) is 0 Å². The maximum Gasteiger partial charge on any atom is 0.433 e. The first kappa shape index (κ1) is 26.5. The Bertz CT molecular complexity index is 1260. The molecule has 0 unspecified atom stereocenters. The molecule has 1 aromatic carbocycles. The molecule has 0 saturated carbocycles. The van der Waals surface area contributed by atoms with Crippen molar-refractivity contribution in [1.82, 2.24) is 15.2 Å². The first-order valence-corrected chi connectivity index (χ1v) is 11.9. The molecule has 196 valence electrons. The van der Waals surface area contributed by atoms with E-state index in [4.69, 9.17) is 4.74 Å². The Kier molecular flexibility index (Phi) is 8.03. The fourth-order valence-corrected chi connectivity index (χ4v) is 4.15. The predicted molar refractivity (Wildman–Crippen MR) is 132 cm³/mol. The van der Waals surface area contributed by atoms with Gasteiger partial charge in [-0.2, -0.15) is 13.2 Å². The number of nitrogens with one attached hydrogen (secondary N) is 2. The fourth-order valence-electron chi connectivity index (χ4n) is 4.15. The molecule has 11 heteroatoms. The molecule has 2 aromatic heterocycles. The number of carbonyl (C=O) groups is 1. The number of benzene rings is 1. The summed E-state index contributed by atoms with van der Waals surface area (Å²) >= 11 is 0. The molecule has 0 spiro atoms. The smallest absolute Gasteiger partial charge is 0.394 e. The van der Waals surface area contributed by atoms with Crippen LogP contribution in [0.25, 0.3) is 11.3 Å². The molecule has 1 atom stereocenters. The second-order valence-electron chi connectivity index (χ2n) is 9.06. The van der Waals surface area contributed by atoms with E-state index in [-0.39, 0.29) is 24.1 Å². The number of aliphatic hydroxyl groups excluding tert-OH is 1. The highest BCUT2D eigenvalue weighted by molar-refractivity contribution is 6.04. The zero-order valence-corrected chi connectivity index (χ0v) is 20.5. The number of ether oxygens (including phenoxy) is 1. The average molecular weight is 516 g/mol. The minimum absolute atomic E-state index is 0.0561. The SMILES string of the molecule is Cc1ccc(NC(=O)c2ccnc(C(F)(F)F)c2)cc1-c1cc(C2CCOCC2)c(N[C@@H](C)CO)nn1. The normalized spacial score (nSPS) is 15.3. The van der Waals surface area contributed by atoms with Gasteiger partial charge in [0.25, 0.3) is 5.91 Å². The van der Waals surface area contributed by atoms with Crippen molar-refractivity contribution in [3.8, 4) is 11.3 Å². The van der Waals surface area contributed by atoms with Gasteiger partial charge in [-0.25, -0.2) is 0 Å². The number of amides is 1. The van der Waals surface area contributed by atoms with Crippen LogP contribution in [0.15, 0.2) is 42.6 Å². The Labute approximate surface area is 212 Å². The first-order valence-electron chi connectivity index (χ1n) is 11.9. The van der Waals surface area contributed by atoms with Gasteiger partial charge in [0, 0.05) is 47.8 Å². The number of hydrogen-bond acceptors (Lipinski definition) is 7. The van der Waals surface area contributed by atoms with Gasteiger partial charge in [0.1, 0.15) is 5.69 Å². The van der Waals surface area contributed by atoms with E-state index >= 15 is 0 Å². The minimum atomic E-state index is -4.65. The molecule has 0 aliphatic carbocycles. The van der Waals surface area contributed by atoms with E-state index in [9.17, 15) is 23.1 Å². The summed E-state index contributed by atoms with van der Waals surface area (Å²) in [5.41, 5.74) is 2.30. The molecule has 0 bridgehead atoms. The van der Waals surface area contributed by atoms with Crippen molar-refractivity contribution in [2.24, 2.45) is 0 Å². The molecule has 3 aromatic rings. The third-order valence-corrected chi connectivity index (χ3v) is 6.23. The van der Waals surface area contributed by atoms with Crippen LogP contribution in [0.2, 0.25) is 0 Å². The largest absolute Gasteiger partial charge is 0.433 e. The van der Waals surface area contributed by atoms with E-state index < -0.39 is 17.8 Å². The topological polar surface area (TPSA) is 109 Å². The second kappa shape index (κ2) is 11.2. The van der Waals surface area contributed by atoms with Crippen LogP contribution in [0.1, 0.15) is 52.9 Å². The number of aromatic nitrogens is 3. The number of alkyl halides is 3. The van der Waals surface area contributed by atoms with Crippen LogP contribution in [0.4, 0.5) is 24.7 Å². The van der Waals surface area contributed by atoms with Crippen molar-refractivity contribution in [2.75, 3.05) is 30.5 Å². The van der Waals surface area contributed by atoms with Crippen LogP contribution in [-0.4, -0.2) is 52.1 Å². The van der Waals surface area contributed by atoms with Crippen molar-refractivity contribution in [1.29, 1.82) is 0 Å². The van der Waals surface area contributed by atoms with Gasteiger partial charge in [0.15, 0.2) is 5.82 Å². The molecule has 1 aliphatic rings. The van der Waals surface area contributed by atoms with Gasteiger partial charge in [0.05, 0.1) is 12.3 Å². The van der Waals surface area contributed by atoms with Crippen LogP contribution in [0.3, 0.4) is 0 Å². The number of halogens is 3. The lowest BCUT2D eigenvalue weighted by molar-refractivity contribution is -0.141. The molecule has 3 N–H and O–H groups in total. The highest BCUT2D eigenvalue weighted by Gasteiger charge is 2.33. The lowest BCUT2D eigenvalue weighted by Gasteiger charge is -2.25. The number of anilines is 2. The highest BCUT2D eigenvalue weighted by atomic mass is 19.4. The number of carbonyl (C=O) groups excluding carboxylic acids is 1. The van der Waals surface area contributed by atoms with Crippen LogP contribution < -0.4 is 10.6 Å². The summed E-state index contributed by atoms with van der Waals surface area (Å²) in [5.74, 6) is 0.126. The van der Waals surface area contributed by atoms with Crippen molar-refractivity contribution in [3.05, 3.63) is 65.0 Å². The molecule has 1 fully saturated rings. The van der Waals surface area contributed by atoms with E-state index in [1.165, 1.54) is 6.07 Å². The van der Waals surface area contributed by atoms with Gasteiger partial charge in [-0.1, -0.05) is 6.07 Å². The first-order chi connectivity index (χ1) is 17.7. The molecule has 1 amide bonds. The van der Waals surface area contributed by atoms with E-state index in [0.717, 1.165) is 41.8 Å². The summed E-state index contributed by atoms with van der Waals surface area (Å²) in [7, 11) is 0. The maximum atomic E-state index is 13.0. The molecule has 1 saturated heterocycles. The van der Waals surface area contributed by atoms with Gasteiger partial charge in [-0.15, -0.1) is 10.2 Å². The summed E-state index contributed by atoms with van der Waals surface area (Å²) in [5, 5.41) is 24.2. The van der Waals surface area contributed by atoms with Gasteiger partial charge in [-0.3, -0.25) is 9.78 Å². The lowest BCUT2D eigenvalue weighted by atomic mass is 9.90. The fraction of sp³-hybridized carbons (Fsp3) is 0.385. The molecule has 8 nitrogen and oxygen atoms in total. The zero-order chi connectivity index (χ0) is 26.6. The summed E-state index contributed by atoms with van der Waals surface area (Å²) < 4.78 is 44.5. The zero-order valence-electron chi connectivity index (χ0n) is 20.5. The predicted octanol–water partition coefficient (Wildman–Crippen LogP) is 4.80. The molecule has 1 aliphatic heterocycles. The summed E-state index contributed by atoms with van der Waals surface area (Å²) in [4.78, 5) is 16.0. The summed E-state index contributed by atoms with van der Waals surface area (Å²) in [6.07, 6.45) is -2.04. The van der Waals surface area contributed by atoms with Gasteiger partial charge in [-0.05, 0) is 68.5 Å². The summed E-state index contributed by atoms with van der Waals surface area (Å²) in [6, 6.07) is 8.90. The van der Waals surface area contributed by atoms with Gasteiger partial charge < -0.3 is 20.5 Å². The number of rotatable bonds is 7. The van der Waals surface area contributed by atoms with E-state index in [1.807, 2.05) is 19.9 Å². The Morgan fingerprint density at radius 1 is 1.16 bits per heavy atom. The quantitative estimate of drug-likeness (QED) is 0.415. The van der Waals surface area contributed by atoms with E-state index in [0.29, 0.717) is 30.4 Å². The van der Waals surface area contributed by atoms with E-state index in [1.54, 1.807) is 18.2 Å². The Morgan fingerprint density at radius 3 is 2.62 bits per heavy atom. The number of aryl methyl sites for hydroxylation is 1. The van der Waals surface area contributed by atoms with Crippen molar-refractivity contribution >= 4 is 17.4 Å². The Morgan fingerprint density at radius 2 is 1.92 bits per heavy atom. The van der Waals surface area contributed by atoms with Crippen molar-refractivity contribution in [2.45, 2.75) is 44.8 Å². The van der Waals surface area contributed by atoms with Crippen LogP contribution in [-0.2, 0) is 10.9 Å². The van der Waals surface area contributed by atoms with E-state index in [2.05, 4.69) is 25.8 Å². The summed E-state index contributed by atoms with van der Waals surface area (Å²) in [6.45, 7) is 4.97. The third kappa shape index (κ3) is 6.41. The Balaban J connectivity index is 1.64. The molecular formula is C26H28F3N5O3. The number of nitrogens with zero attached hydrogens (tertiary/aromatic N) is 3. The van der Waals surface area contributed by atoms with Crippen LogP contribution in [0, 0.1) is 6.92 Å². The number of pyridine rings is 1. The molecule has 4 rings (SSSR count). The lowest BCUT2D eigenvalue weighted by Crippen LogP contribution is -2.23. The Hall–Kier alpha value is -3.57. The van der Waals surface area contributed by atoms with Gasteiger partial charge >= 0.3 is 6.18 Å². The highest BCUT2D eigenvalue weighted by Crippen LogP contribution is 2.35. The van der Waals surface area contributed by atoms with Crippen LogP contribution in [0.5, 0.6) is 0 Å². The standard InChI is InChI=1S/C26H28F3N5O3/c1-15-3-4-19(32-25(36)18-5-8-30-23(11-18)26(27,28)29)12-20(15)22-13-21(17-6-9-37-10-7-17)24(34-33-22)31-16(2)14-35/h3-5,8,11-13,16-17,35H,6-7,9-10,14H2,1-2H3,(H,31,34)(H,32,36)/t16-/m0/s1. The average Bonchev–Trinajstić information content (AvgIpc) is 2.90. The maximum absolute atomic E-state index is 13.0. The molecule has 3 heterocycles. The second-order valence-corrected chi connectivity index (χ2v) is 9.06. The molecular weight excluding hydrogens is 487 g/mol. The molecule has 0 radical (unpaired) electrons.